The van der Waals surface area contributed by atoms with Crippen LogP contribution in [0.4, 0.5) is 5.69 Å². The third kappa shape index (κ3) is 5.56. The number of amides is 1. The fourth-order valence-electron chi connectivity index (χ4n) is 1.99. The van der Waals surface area contributed by atoms with Gasteiger partial charge < -0.3 is 24.3 Å². The van der Waals surface area contributed by atoms with Crippen molar-refractivity contribution in [2.24, 2.45) is 0 Å². The van der Waals surface area contributed by atoms with Gasteiger partial charge in [-0.1, -0.05) is 29.8 Å². The van der Waals surface area contributed by atoms with E-state index in [0.29, 0.717) is 28.0 Å². The maximum atomic E-state index is 12.0. The first-order chi connectivity index (χ1) is 12.5. The van der Waals surface area contributed by atoms with E-state index < -0.39 is 18.5 Å². The standard InChI is InChI=1S/C18H18ClNO6/c1-23-15-9-16(24-2)14(8-13(15)19)20-17(21)10-26-18(22)11-25-12-6-4-3-5-7-12/h3-9H,10-11H2,1-2H3,(H,20,21). The molecule has 0 aromatic heterocycles. The van der Waals surface area contributed by atoms with Crippen molar-refractivity contribution in [1.29, 1.82) is 0 Å². The Kier molecular flexibility index (Phi) is 7.11. The van der Waals surface area contributed by atoms with Crippen molar-refractivity contribution in [1.82, 2.24) is 0 Å². The number of benzene rings is 2. The lowest BCUT2D eigenvalue weighted by molar-refractivity contribution is -0.149. The van der Waals surface area contributed by atoms with Crippen LogP contribution < -0.4 is 19.5 Å². The van der Waals surface area contributed by atoms with E-state index in [-0.39, 0.29) is 6.61 Å². The van der Waals surface area contributed by atoms with Crippen molar-refractivity contribution in [3.8, 4) is 17.2 Å². The van der Waals surface area contributed by atoms with E-state index in [1.807, 2.05) is 6.07 Å². The van der Waals surface area contributed by atoms with Gasteiger partial charge in [-0.05, 0) is 18.2 Å². The summed E-state index contributed by atoms with van der Waals surface area (Å²) >= 11 is 6.04. The molecule has 7 nitrogen and oxygen atoms in total. The number of anilines is 1. The summed E-state index contributed by atoms with van der Waals surface area (Å²) in [6.07, 6.45) is 0. The van der Waals surface area contributed by atoms with Gasteiger partial charge in [0.2, 0.25) is 0 Å². The zero-order valence-electron chi connectivity index (χ0n) is 14.3. The molecule has 0 radical (unpaired) electrons. The van der Waals surface area contributed by atoms with Crippen LogP contribution in [0.1, 0.15) is 0 Å². The molecule has 0 unspecified atom stereocenters. The van der Waals surface area contributed by atoms with Gasteiger partial charge >= 0.3 is 5.97 Å². The summed E-state index contributed by atoms with van der Waals surface area (Å²) < 4.78 is 20.4. The second-order valence-electron chi connectivity index (χ2n) is 5.00. The molecule has 1 N–H and O–H groups in total. The third-order valence-electron chi connectivity index (χ3n) is 3.21. The lowest BCUT2D eigenvalue weighted by atomic mass is 10.2. The smallest absolute Gasteiger partial charge is 0.344 e. The van der Waals surface area contributed by atoms with Crippen LogP contribution in [0.15, 0.2) is 42.5 Å². The molecule has 0 heterocycles. The zero-order chi connectivity index (χ0) is 18.9. The fraction of sp³-hybridized carbons (Fsp3) is 0.222. The summed E-state index contributed by atoms with van der Waals surface area (Å²) in [6.45, 7) is -0.765. The van der Waals surface area contributed by atoms with Gasteiger partial charge in [0.15, 0.2) is 13.2 Å². The monoisotopic (exact) mass is 379 g/mol. The summed E-state index contributed by atoms with van der Waals surface area (Å²) in [5.74, 6) is 0.0946. The minimum absolute atomic E-state index is 0.297. The lowest BCUT2D eigenvalue weighted by Gasteiger charge is -2.13. The van der Waals surface area contributed by atoms with Crippen LogP contribution in [0, 0.1) is 0 Å². The van der Waals surface area contributed by atoms with Gasteiger partial charge in [-0.15, -0.1) is 0 Å². The molecule has 0 atom stereocenters. The Morgan fingerprint density at radius 1 is 1.00 bits per heavy atom. The van der Waals surface area contributed by atoms with Gasteiger partial charge in [-0.3, -0.25) is 4.79 Å². The van der Waals surface area contributed by atoms with Crippen LogP contribution in [0.25, 0.3) is 0 Å². The number of hydrogen-bond donors (Lipinski definition) is 1. The Hall–Kier alpha value is -2.93. The minimum atomic E-state index is -0.663. The van der Waals surface area contributed by atoms with E-state index in [1.54, 1.807) is 24.3 Å². The molecule has 138 valence electrons. The van der Waals surface area contributed by atoms with Gasteiger partial charge in [-0.25, -0.2) is 4.79 Å². The summed E-state index contributed by atoms with van der Waals surface area (Å²) in [6, 6.07) is 11.8. The molecule has 0 aliphatic heterocycles. The molecule has 0 saturated heterocycles. The number of para-hydroxylation sites is 1. The van der Waals surface area contributed by atoms with Gasteiger partial charge in [0.1, 0.15) is 17.2 Å². The van der Waals surface area contributed by atoms with Crippen LogP contribution in [-0.2, 0) is 14.3 Å². The number of ether oxygens (including phenoxy) is 4. The topological polar surface area (TPSA) is 83.1 Å². The molecule has 2 aromatic carbocycles. The maximum absolute atomic E-state index is 12.0. The lowest BCUT2D eigenvalue weighted by Crippen LogP contribution is -2.23. The second-order valence-corrected chi connectivity index (χ2v) is 5.40. The van der Waals surface area contributed by atoms with E-state index in [9.17, 15) is 9.59 Å². The predicted octanol–water partition coefficient (Wildman–Crippen LogP) is 2.92. The summed E-state index contributed by atoms with van der Waals surface area (Å²) in [5, 5.41) is 2.86. The average molecular weight is 380 g/mol. The number of esters is 1. The van der Waals surface area contributed by atoms with E-state index in [4.69, 9.17) is 30.5 Å². The van der Waals surface area contributed by atoms with Crippen molar-refractivity contribution in [2.45, 2.75) is 0 Å². The number of nitrogens with one attached hydrogen (secondary N) is 1. The Morgan fingerprint density at radius 3 is 2.35 bits per heavy atom. The molecule has 0 aliphatic rings. The predicted molar refractivity (Wildman–Crippen MR) is 96.1 cm³/mol. The molecule has 0 aliphatic carbocycles. The maximum Gasteiger partial charge on any atom is 0.344 e. The van der Waals surface area contributed by atoms with Gasteiger partial charge in [0, 0.05) is 6.07 Å². The quantitative estimate of drug-likeness (QED) is 0.710. The zero-order valence-corrected chi connectivity index (χ0v) is 15.0. The van der Waals surface area contributed by atoms with Crippen LogP contribution in [-0.4, -0.2) is 39.3 Å². The molecule has 2 aromatic rings. The molecular formula is C18H18ClNO6. The van der Waals surface area contributed by atoms with Crippen molar-refractivity contribution in [3.63, 3.8) is 0 Å². The number of halogens is 1. The second kappa shape index (κ2) is 9.53. The Bertz CT molecular complexity index is 766. The van der Waals surface area contributed by atoms with Crippen LogP contribution in [0.5, 0.6) is 17.2 Å². The van der Waals surface area contributed by atoms with Crippen molar-refractivity contribution in [3.05, 3.63) is 47.5 Å². The van der Waals surface area contributed by atoms with E-state index in [1.165, 1.54) is 26.4 Å². The molecule has 0 bridgehead atoms. The third-order valence-corrected chi connectivity index (χ3v) is 3.51. The highest BCUT2D eigenvalue weighted by Gasteiger charge is 2.14. The first-order valence-electron chi connectivity index (χ1n) is 7.58. The van der Waals surface area contributed by atoms with E-state index >= 15 is 0 Å². The van der Waals surface area contributed by atoms with Gasteiger partial charge in [-0.2, -0.15) is 0 Å². The number of rotatable bonds is 8. The summed E-state index contributed by atoms with van der Waals surface area (Å²) in [5.41, 5.74) is 0.333. The molecule has 26 heavy (non-hydrogen) atoms. The Labute approximate surface area is 155 Å². The van der Waals surface area contributed by atoms with Crippen molar-refractivity contribution in [2.75, 3.05) is 32.8 Å². The molecular weight excluding hydrogens is 362 g/mol. The SMILES string of the molecule is COc1cc(OC)c(NC(=O)COC(=O)COc2ccccc2)cc1Cl. The highest BCUT2D eigenvalue weighted by molar-refractivity contribution is 6.32. The normalized spacial score (nSPS) is 9.96. The molecule has 8 heteroatoms. The first kappa shape index (κ1) is 19.4. The molecule has 0 fully saturated rings. The molecule has 0 spiro atoms. The molecule has 1 amide bonds. The van der Waals surface area contributed by atoms with Gasteiger partial charge in [0.25, 0.3) is 5.91 Å². The van der Waals surface area contributed by atoms with Crippen molar-refractivity contribution >= 4 is 29.2 Å². The van der Waals surface area contributed by atoms with E-state index in [2.05, 4.69) is 5.32 Å². The van der Waals surface area contributed by atoms with Crippen LogP contribution in [0.2, 0.25) is 5.02 Å². The Morgan fingerprint density at radius 2 is 1.69 bits per heavy atom. The minimum Gasteiger partial charge on any atom is -0.495 e. The first-order valence-corrected chi connectivity index (χ1v) is 7.96. The average Bonchev–Trinajstić information content (AvgIpc) is 2.66. The highest BCUT2D eigenvalue weighted by Crippen LogP contribution is 2.35. The molecule has 0 saturated carbocycles. The summed E-state index contributed by atoms with van der Waals surface area (Å²) in [7, 11) is 2.91. The number of carbonyl (C=O) groups is 2. The summed E-state index contributed by atoms with van der Waals surface area (Å²) in [4.78, 5) is 23.6. The largest absolute Gasteiger partial charge is 0.495 e. The molecule has 2 rings (SSSR count). The van der Waals surface area contributed by atoms with Crippen LogP contribution in [0.3, 0.4) is 0 Å². The fourth-order valence-corrected chi connectivity index (χ4v) is 2.23. The number of hydrogen-bond acceptors (Lipinski definition) is 6. The van der Waals surface area contributed by atoms with E-state index in [0.717, 1.165) is 0 Å². The van der Waals surface area contributed by atoms with Crippen molar-refractivity contribution < 1.29 is 28.5 Å². The van der Waals surface area contributed by atoms with Crippen LogP contribution >= 0.6 is 11.6 Å². The van der Waals surface area contributed by atoms with Gasteiger partial charge in [0.05, 0.1) is 24.9 Å². The number of carbonyl (C=O) groups excluding carboxylic acids is 2. The Balaban J connectivity index is 1.85. The number of methoxy groups -OCH3 is 2. The highest BCUT2D eigenvalue weighted by atomic mass is 35.5.